The van der Waals surface area contributed by atoms with Crippen LogP contribution in [0.25, 0.3) is 0 Å². The first-order valence-electron chi connectivity index (χ1n) is 9.84. The maximum atomic E-state index is 12.2. The molecule has 0 fully saturated rings. The van der Waals surface area contributed by atoms with Crippen LogP contribution in [0.3, 0.4) is 0 Å². The number of hydrogen-bond acceptors (Lipinski definition) is 6. The Morgan fingerprint density at radius 2 is 1.44 bits per heavy atom. The van der Waals surface area contributed by atoms with Gasteiger partial charge in [-0.2, -0.15) is 5.10 Å². The van der Waals surface area contributed by atoms with Crippen LogP contribution < -0.4 is 20.2 Å². The van der Waals surface area contributed by atoms with Gasteiger partial charge >= 0.3 is 17.8 Å². The SMILES string of the molecule is COc1ccc(Cl)cc1NC(=O)C(=O)N/N=C(\C)c1ccc(OC(=O)c2ccc(Cl)cc2)cc1. The number of halogens is 2. The molecule has 3 aromatic carbocycles. The van der Waals surface area contributed by atoms with Gasteiger partial charge in [0.05, 0.1) is 24.1 Å². The number of anilines is 1. The number of ether oxygens (including phenoxy) is 2. The highest BCUT2D eigenvalue weighted by Crippen LogP contribution is 2.27. The molecule has 10 heteroatoms. The summed E-state index contributed by atoms with van der Waals surface area (Å²) in [6, 6.07) is 17.4. The van der Waals surface area contributed by atoms with E-state index < -0.39 is 17.8 Å². The molecule has 0 aromatic heterocycles. The van der Waals surface area contributed by atoms with Gasteiger partial charge in [-0.15, -0.1) is 0 Å². The molecule has 0 saturated carbocycles. The number of esters is 1. The lowest BCUT2D eigenvalue weighted by atomic mass is 10.1. The lowest BCUT2D eigenvalue weighted by molar-refractivity contribution is -0.136. The minimum Gasteiger partial charge on any atom is -0.495 e. The van der Waals surface area contributed by atoms with E-state index in [1.807, 2.05) is 0 Å². The van der Waals surface area contributed by atoms with E-state index in [0.29, 0.717) is 38.4 Å². The summed E-state index contributed by atoms with van der Waals surface area (Å²) >= 11 is 11.7. The Kier molecular flexibility index (Phi) is 8.24. The van der Waals surface area contributed by atoms with Crippen molar-refractivity contribution in [2.45, 2.75) is 6.92 Å². The zero-order chi connectivity index (χ0) is 24.7. The Morgan fingerprint density at radius 3 is 2.09 bits per heavy atom. The number of nitrogens with one attached hydrogen (secondary N) is 2. The molecule has 0 atom stereocenters. The molecule has 8 nitrogen and oxygen atoms in total. The summed E-state index contributed by atoms with van der Waals surface area (Å²) in [5.74, 6) is -1.77. The average Bonchev–Trinajstić information content (AvgIpc) is 2.83. The van der Waals surface area contributed by atoms with Gasteiger partial charge in [0.25, 0.3) is 0 Å². The monoisotopic (exact) mass is 499 g/mol. The van der Waals surface area contributed by atoms with Gasteiger partial charge in [0, 0.05) is 10.0 Å². The van der Waals surface area contributed by atoms with Crippen LogP contribution in [0, 0.1) is 0 Å². The molecule has 2 amide bonds. The van der Waals surface area contributed by atoms with Crippen LogP contribution in [0.5, 0.6) is 11.5 Å². The molecule has 2 N–H and O–H groups in total. The first kappa shape index (κ1) is 24.8. The molecule has 0 radical (unpaired) electrons. The van der Waals surface area contributed by atoms with Crippen molar-refractivity contribution in [3.63, 3.8) is 0 Å². The van der Waals surface area contributed by atoms with E-state index in [1.54, 1.807) is 67.6 Å². The summed E-state index contributed by atoms with van der Waals surface area (Å²) < 4.78 is 10.5. The molecule has 0 saturated heterocycles. The zero-order valence-corrected chi connectivity index (χ0v) is 19.6. The van der Waals surface area contributed by atoms with E-state index in [2.05, 4.69) is 15.8 Å². The van der Waals surface area contributed by atoms with Crippen molar-refractivity contribution in [2.24, 2.45) is 5.10 Å². The number of rotatable bonds is 6. The maximum Gasteiger partial charge on any atom is 0.343 e. The maximum absolute atomic E-state index is 12.2. The van der Waals surface area contributed by atoms with Crippen molar-refractivity contribution in [1.82, 2.24) is 5.43 Å². The summed E-state index contributed by atoms with van der Waals surface area (Å²) in [7, 11) is 1.43. The lowest BCUT2D eigenvalue weighted by Gasteiger charge is -2.10. The molecule has 0 aliphatic heterocycles. The fraction of sp³-hybridized carbons (Fsp3) is 0.0833. The number of amides is 2. The molecule has 0 aliphatic rings. The predicted octanol–water partition coefficient (Wildman–Crippen LogP) is 4.70. The number of carbonyl (C=O) groups excluding carboxylic acids is 3. The van der Waals surface area contributed by atoms with Gasteiger partial charge in [0.2, 0.25) is 0 Å². The molecule has 174 valence electrons. The van der Waals surface area contributed by atoms with Crippen molar-refractivity contribution in [3.8, 4) is 11.5 Å². The largest absolute Gasteiger partial charge is 0.495 e. The van der Waals surface area contributed by atoms with Crippen LogP contribution in [0.4, 0.5) is 5.69 Å². The quantitative estimate of drug-likeness (QED) is 0.168. The standard InChI is InChI=1S/C24H19Cl2N3O5/c1-14(28-29-23(31)22(30)27-20-13-18(26)9-12-21(20)33-2)15-5-10-19(11-6-15)34-24(32)16-3-7-17(25)8-4-16/h3-13H,1-2H3,(H,27,30)(H,29,31)/b28-14+. The minimum atomic E-state index is -0.977. The third-order valence-electron chi connectivity index (χ3n) is 4.50. The predicted molar refractivity (Wildman–Crippen MR) is 130 cm³/mol. The number of methoxy groups -OCH3 is 1. The smallest absolute Gasteiger partial charge is 0.343 e. The summed E-state index contributed by atoms with van der Waals surface area (Å²) in [4.78, 5) is 36.5. The Bertz CT molecular complexity index is 1240. The van der Waals surface area contributed by atoms with Gasteiger partial charge in [0.15, 0.2) is 0 Å². The van der Waals surface area contributed by atoms with E-state index >= 15 is 0 Å². The second-order valence-corrected chi connectivity index (χ2v) is 7.73. The number of nitrogens with zero attached hydrogens (tertiary/aromatic N) is 1. The fourth-order valence-electron chi connectivity index (χ4n) is 2.72. The fourth-order valence-corrected chi connectivity index (χ4v) is 3.02. The Morgan fingerprint density at radius 1 is 0.824 bits per heavy atom. The van der Waals surface area contributed by atoms with Crippen LogP contribution in [0.15, 0.2) is 71.8 Å². The van der Waals surface area contributed by atoms with Crippen molar-refractivity contribution in [3.05, 3.63) is 87.9 Å². The molecule has 0 bridgehead atoms. The molecule has 3 rings (SSSR count). The van der Waals surface area contributed by atoms with Gasteiger partial charge in [-0.3, -0.25) is 9.59 Å². The van der Waals surface area contributed by atoms with Crippen molar-refractivity contribution < 1.29 is 23.9 Å². The Hall–Kier alpha value is -3.88. The van der Waals surface area contributed by atoms with Crippen LogP contribution >= 0.6 is 23.2 Å². The zero-order valence-electron chi connectivity index (χ0n) is 18.1. The second-order valence-electron chi connectivity index (χ2n) is 6.86. The van der Waals surface area contributed by atoms with E-state index in [4.69, 9.17) is 32.7 Å². The number of hydrazone groups is 1. The second kappa shape index (κ2) is 11.3. The van der Waals surface area contributed by atoms with Crippen LogP contribution in [0.2, 0.25) is 10.0 Å². The number of benzene rings is 3. The molecular formula is C24H19Cl2N3O5. The van der Waals surface area contributed by atoms with Crippen molar-refractivity contribution in [1.29, 1.82) is 0 Å². The van der Waals surface area contributed by atoms with Crippen LogP contribution in [-0.2, 0) is 9.59 Å². The average molecular weight is 500 g/mol. The summed E-state index contributed by atoms with van der Waals surface area (Å²) in [6.45, 7) is 1.65. The van der Waals surface area contributed by atoms with Gasteiger partial charge in [0.1, 0.15) is 11.5 Å². The Labute approximate surface area is 205 Å². The highest BCUT2D eigenvalue weighted by molar-refractivity contribution is 6.40. The van der Waals surface area contributed by atoms with E-state index in [1.165, 1.54) is 13.2 Å². The van der Waals surface area contributed by atoms with Crippen molar-refractivity contribution >= 4 is 52.4 Å². The molecule has 0 spiro atoms. The summed E-state index contributed by atoms with van der Waals surface area (Å²) in [5, 5.41) is 7.25. The first-order valence-corrected chi connectivity index (χ1v) is 10.6. The Balaban J connectivity index is 1.58. The number of hydrogen-bond donors (Lipinski definition) is 2. The molecular weight excluding hydrogens is 481 g/mol. The van der Waals surface area contributed by atoms with E-state index in [-0.39, 0.29) is 5.69 Å². The third-order valence-corrected chi connectivity index (χ3v) is 4.99. The normalized spacial score (nSPS) is 10.9. The molecule has 0 aliphatic carbocycles. The van der Waals surface area contributed by atoms with Gasteiger partial charge in [-0.25, -0.2) is 10.2 Å². The summed E-state index contributed by atoms with van der Waals surface area (Å²) in [5.41, 5.74) is 3.88. The van der Waals surface area contributed by atoms with E-state index in [9.17, 15) is 14.4 Å². The third kappa shape index (κ3) is 6.57. The van der Waals surface area contributed by atoms with Crippen LogP contribution in [-0.4, -0.2) is 30.6 Å². The first-order chi connectivity index (χ1) is 16.3. The molecule has 34 heavy (non-hydrogen) atoms. The number of carbonyl (C=O) groups is 3. The topological polar surface area (TPSA) is 106 Å². The molecule has 0 heterocycles. The van der Waals surface area contributed by atoms with E-state index in [0.717, 1.165) is 0 Å². The van der Waals surface area contributed by atoms with Crippen molar-refractivity contribution in [2.75, 3.05) is 12.4 Å². The highest BCUT2D eigenvalue weighted by atomic mass is 35.5. The molecule has 3 aromatic rings. The van der Waals surface area contributed by atoms with Crippen LogP contribution in [0.1, 0.15) is 22.8 Å². The lowest BCUT2D eigenvalue weighted by Crippen LogP contribution is -2.33. The highest BCUT2D eigenvalue weighted by Gasteiger charge is 2.16. The summed E-state index contributed by atoms with van der Waals surface area (Å²) in [6.07, 6.45) is 0. The van der Waals surface area contributed by atoms with Gasteiger partial charge in [-0.1, -0.05) is 23.2 Å². The van der Waals surface area contributed by atoms with Gasteiger partial charge < -0.3 is 14.8 Å². The molecule has 0 unspecified atom stereocenters. The minimum absolute atomic E-state index is 0.250. The van der Waals surface area contributed by atoms with Gasteiger partial charge in [-0.05, 0) is 79.2 Å².